The van der Waals surface area contributed by atoms with E-state index in [-0.39, 0.29) is 11.6 Å². The number of nitrogens with zero attached hydrogens (tertiary/aromatic N) is 1. The molecule has 0 aromatic heterocycles. The SMILES string of the molecule is CC1(C)c2cc(F)ccc2-c2c1c1c(c3cc(F)ccc23)OC(c2ccc(N3CCOCC3)cc2)(c2ccc3ccccc3c2)C=C1. The van der Waals surface area contributed by atoms with Crippen molar-refractivity contribution >= 4 is 33.3 Å². The van der Waals surface area contributed by atoms with Crippen LogP contribution in [-0.4, -0.2) is 26.3 Å². The molecule has 3 nitrogen and oxygen atoms in total. The average molecular weight is 622 g/mol. The number of fused-ring (bicyclic) bond motifs is 9. The van der Waals surface area contributed by atoms with Gasteiger partial charge >= 0.3 is 0 Å². The molecular formula is C42H33F2NO2. The molecule has 0 amide bonds. The summed E-state index contributed by atoms with van der Waals surface area (Å²) in [6.45, 7) is 7.40. The summed E-state index contributed by atoms with van der Waals surface area (Å²) >= 11 is 0. The molecular weight excluding hydrogens is 588 g/mol. The third kappa shape index (κ3) is 4.19. The maximum absolute atomic E-state index is 15.2. The highest BCUT2D eigenvalue weighted by Crippen LogP contribution is 2.58. The summed E-state index contributed by atoms with van der Waals surface area (Å²) in [5.41, 5.74) is 6.48. The van der Waals surface area contributed by atoms with Gasteiger partial charge in [0.2, 0.25) is 0 Å². The lowest BCUT2D eigenvalue weighted by Gasteiger charge is -2.39. The molecule has 1 aliphatic carbocycles. The Morgan fingerprint density at radius 3 is 2.23 bits per heavy atom. The summed E-state index contributed by atoms with van der Waals surface area (Å²) < 4.78 is 42.8. The third-order valence-corrected chi connectivity index (χ3v) is 10.4. The molecule has 1 unspecified atom stereocenters. The van der Waals surface area contributed by atoms with Crippen molar-refractivity contribution in [2.75, 3.05) is 31.2 Å². The predicted molar refractivity (Wildman–Crippen MR) is 185 cm³/mol. The van der Waals surface area contributed by atoms with Crippen LogP contribution in [0.4, 0.5) is 14.5 Å². The monoisotopic (exact) mass is 621 g/mol. The number of hydrogen-bond acceptors (Lipinski definition) is 3. The number of benzene rings is 6. The molecule has 47 heavy (non-hydrogen) atoms. The first-order chi connectivity index (χ1) is 22.8. The summed E-state index contributed by atoms with van der Waals surface area (Å²) in [6, 6.07) is 33.3. The lowest BCUT2D eigenvalue weighted by molar-refractivity contribution is 0.122. The molecule has 9 rings (SSSR count). The molecule has 1 saturated heterocycles. The highest BCUT2D eigenvalue weighted by molar-refractivity contribution is 6.08. The van der Waals surface area contributed by atoms with Gasteiger partial charge in [0.25, 0.3) is 0 Å². The van der Waals surface area contributed by atoms with Crippen LogP contribution in [0.1, 0.15) is 41.7 Å². The summed E-state index contributed by atoms with van der Waals surface area (Å²) in [4.78, 5) is 2.34. The Morgan fingerprint density at radius 2 is 1.43 bits per heavy atom. The number of ether oxygens (including phenoxy) is 2. The van der Waals surface area contributed by atoms with Gasteiger partial charge in [0, 0.05) is 46.3 Å². The van der Waals surface area contributed by atoms with Crippen molar-refractivity contribution in [2.45, 2.75) is 24.9 Å². The molecule has 0 saturated carbocycles. The Hall–Kier alpha value is -5.00. The molecule has 0 radical (unpaired) electrons. The van der Waals surface area contributed by atoms with E-state index >= 15 is 4.39 Å². The highest BCUT2D eigenvalue weighted by Gasteiger charge is 2.44. The maximum Gasteiger partial charge on any atom is 0.178 e. The zero-order valence-electron chi connectivity index (χ0n) is 26.3. The topological polar surface area (TPSA) is 21.7 Å². The number of morpholine rings is 1. The molecule has 6 aromatic rings. The van der Waals surface area contributed by atoms with Gasteiger partial charge < -0.3 is 14.4 Å². The largest absolute Gasteiger partial charge is 0.472 e. The number of hydrogen-bond donors (Lipinski definition) is 0. The van der Waals surface area contributed by atoms with Gasteiger partial charge in [-0.2, -0.15) is 0 Å². The van der Waals surface area contributed by atoms with Gasteiger partial charge in [-0.05, 0) is 87.0 Å². The zero-order chi connectivity index (χ0) is 31.9. The minimum Gasteiger partial charge on any atom is -0.472 e. The van der Waals surface area contributed by atoms with E-state index in [2.05, 4.69) is 85.5 Å². The van der Waals surface area contributed by atoms with Crippen molar-refractivity contribution in [1.82, 2.24) is 0 Å². The van der Waals surface area contributed by atoms with Crippen LogP contribution in [-0.2, 0) is 15.8 Å². The van der Waals surface area contributed by atoms with E-state index in [4.69, 9.17) is 9.47 Å². The molecule has 0 spiro atoms. The van der Waals surface area contributed by atoms with E-state index in [0.29, 0.717) is 24.3 Å². The molecule has 5 heteroatoms. The van der Waals surface area contributed by atoms with Gasteiger partial charge in [0.15, 0.2) is 5.60 Å². The van der Waals surface area contributed by atoms with Crippen LogP contribution in [0.15, 0.2) is 109 Å². The Bertz CT molecular complexity index is 2270. The van der Waals surface area contributed by atoms with E-state index in [1.165, 1.54) is 12.1 Å². The van der Waals surface area contributed by atoms with E-state index < -0.39 is 11.0 Å². The van der Waals surface area contributed by atoms with Crippen LogP contribution in [0, 0.1) is 11.6 Å². The van der Waals surface area contributed by atoms with Crippen LogP contribution >= 0.6 is 0 Å². The fraction of sp³-hybridized carbons (Fsp3) is 0.190. The van der Waals surface area contributed by atoms with Gasteiger partial charge in [0.1, 0.15) is 17.4 Å². The fourth-order valence-electron chi connectivity index (χ4n) is 8.07. The quantitative estimate of drug-likeness (QED) is 0.196. The van der Waals surface area contributed by atoms with Crippen LogP contribution < -0.4 is 9.64 Å². The van der Waals surface area contributed by atoms with Gasteiger partial charge in [0.05, 0.1) is 13.2 Å². The van der Waals surface area contributed by atoms with E-state index in [9.17, 15) is 4.39 Å². The van der Waals surface area contributed by atoms with Crippen molar-refractivity contribution < 1.29 is 18.3 Å². The average Bonchev–Trinajstić information content (AvgIpc) is 3.34. The number of rotatable bonds is 3. The van der Waals surface area contributed by atoms with Crippen molar-refractivity contribution in [3.63, 3.8) is 0 Å². The zero-order valence-corrected chi connectivity index (χ0v) is 26.3. The number of anilines is 1. The predicted octanol–water partition coefficient (Wildman–Crippen LogP) is 9.76. The smallest absolute Gasteiger partial charge is 0.178 e. The maximum atomic E-state index is 15.2. The molecule has 2 heterocycles. The molecule has 1 atom stereocenters. The second-order valence-electron chi connectivity index (χ2n) is 13.4. The van der Waals surface area contributed by atoms with Crippen molar-refractivity contribution in [3.8, 4) is 16.9 Å². The summed E-state index contributed by atoms with van der Waals surface area (Å²) in [5.74, 6) is 0.0320. The molecule has 1 fully saturated rings. The minimum atomic E-state index is -0.990. The summed E-state index contributed by atoms with van der Waals surface area (Å²) in [7, 11) is 0. The molecule has 6 aromatic carbocycles. The molecule has 0 N–H and O–H groups in total. The van der Waals surface area contributed by atoms with Crippen LogP contribution in [0.2, 0.25) is 0 Å². The Morgan fingerprint density at radius 1 is 0.702 bits per heavy atom. The summed E-state index contributed by atoms with van der Waals surface area (Å²) in [5, 5.41) is 3.85. The second kappa shape index (κ2) is 10.2. The Kier molecular flexibility index (Phi) is 6.16. The van der Waals surface area contributed by atoms with Crippen LogP contribution in [0.5, 0.6) is 5.75 Å². The van der Waals surface area contributed by atoms with E-state index in [1.54, 1.807) is 12.1 Å². The van der Waals surface area contributed by atoms with Gasteiger partial charge in [-0.1, -0.05) is 80.6 Å². The fourth-order valence-corrected chi connectivity index (χ4v) is 8.07. The van der Waals surface area contributed by atoms with Crippen molar-refractivity contribution in [1.29, 1.82) is 0 Å². The van der Waals surface area contributed by atoms with Crippen LogP contribution in [0.25, 0.3) is 38.7 Å². The first-order valence-corrected chi connectivity index (χ1v) is 16.2. The first kappa shape index (κ1) is 28.2. The van der Waals surface area contributed by atoms with Crippen molar-refractivity contribution in [2.24, 2.45) is 0 Å². The van der Waals surface area contributed by atoms with Crippen LogP contribution in [0.3, 0.4) is 0 Å². The van der Waals surface area contributed by atoms with Gasteiger partial charge in [-0.25, -0.2) is 8.78 Å². The number of halogens is 2. The Labute approximate surface area is 272 Å². The normalized spacial score (nSPS) is 19.4. The minimum absolute atomic E-state index is 0.267. The van der Waals surface area contributed by atoms with Crippen molar-refractivity contribution in [3.05, 3.63) is 149 Å². The second-order valence-corrected chi connectivity index (χ2v) is 13.4. The third-order valence-electron chi connectivity index (χ3n) is 10.4. The van der Waals surface area contributed by atoms with Gasteiger partial charge in [-0.15, -0.1) is 0 Å². The van der Waals surface area contributed by atoms with E-state index in [1.807, 2.05) is 24.3 Å². The first-order valence-electron chi connectivity index (χ1n) is 16.2. The standard InChI is InChI=1S/C42H33F2NO2/c1-41(2)37-25-31(44)12-16-34(37)38-33-15-11-30(43)24-36(33)40-35(39(38)41)17-18-42(47-40,29-8-7-26-5-3-4-6-27(26)23-29)28-9-13-32(14-10-28)45-19-21-46-22-20-45/h3-18,23-25H,19-22H2,1-2H3. The molecule has 0 bridgehead atoms. The summed E-state index contributed by atoms with van der Waals surface area (Å²) in [6.07, 6.45) is 4.30. The Balaban J connectivity index is 1.30. The molecule has 232 valence electrons. The molecule has 2 aliphatic heterocycles. The van der Waals surface area contributed by atoms with E-state index in [0.717, 1.165) is 73.9 Å². The van der Waals surface area contributed by atoms with Gasteiger partial charge in [-0.3, -0.25) is 0 Å². The highest BCUT2D eigenvalue weighted by atomic mass is 19.1. The molecule has 3 aliphatic rings. The lowest BCUT2D eigenvalue weighted by Crippen LogP contribution is -2.37. The lowest BCUT2D eigenvalue weighted by atomic mass is 9.76.